The average Bonchev–Trinajstić information content (AvgIpc) is 3.12. The van der Waals surface area contributed by atoms with Crippen molar-refractivity contribution in [1.29, 1.82) is 0 Å². The van der Waals surface area contributed by atoms with Crippen molar-refractivity contribution in [1.82, 2.24) is 9.88 Å². The molecule has 0 bridgehead atoms. The van der Waals surface area contributed by atoms with E-state index in [4.69, 9.17) is 0 Å². The molecule has 3 aromatic rings. The first-order valence-electron chi connectivity index (χ1n) is 9.65. The Bertz CT molecular complexity index is 1160. The number of benzene rings is 2. The van der Waals surface area contributed by atoms with Crippen molar-refractivity contribution in [2.75, 3.05) is 37.8 Å². The lowest BCUT2D eigenvalue weighted by Crippen LogP contribution is -2.34. The predicted octanol–water partition coefficient (Wildman–Crippen LogP) is 3.72. The third kappa shape index (κ3) is 6.05. The van der Waals surface area contributed by atoms with Crippen LogP contribution in [0.25, 0.3) is 10.2 Å². The van der Waals surface area contributed by atoms with Gasteiger partial charge in [0.1, 0.15) is 11.6 Å². The van der Waals surface area contributed by atoms with E-state index in [2.05, 4.69) is 4.98 Å². The first kappa shape index (κ1) is 23.2. The Morgan fingerprint density at radius 3 is 2.39 bits per heavy atom. The molecule has 1 heterocycles. The summed E-state index contributed by atoms with van der Waals surface area (Å²) < 4.78 is 52.3. The van der Waals surface area contributed by atoms with Gasteiger partial charge >= 0.3 is 0 Å². The summed E-state index contributed by atoms with van der Waals surface area (Å²) >= 11 is 1.19. The maximum Gasteiger partial charge on any atom is 0.229 e. The molecule has 2 aromatic carbocycles. The van der Waals surface area contributed by atoms with Gasteiger partial charge in [0.25, 0.3) is 0 Å². The van der Waals surface area contributed by atoms with Crippen molar-refractivity contribution in [3.05, 3.63) is 54.1 Å². The Morgan fingerprint density at radius 2 is 1.71 bits per heavy atom. The number of fused-ring (bicyclic) bond motifs is 1. The minimum absolute atomic E-state index is 0.0312. The summed E-state index contributed by atoms with van der Waals surface area (Å²) in [6, 6.07) is 8.73. The summed E-state index contributed by atoms with van der Waals surface area (Å²) in [5, 5.41) is 0.406. The van der Waals surface area contributed by atoms with Crippen molar-refractivity contribution in [3.8, 4) is 0 Å². The van der Waals surface area contributed by atoms with Crippen LogP contribution in [0.3, 0.4) is 0 Å². The van der Waals surface area contributed by atoms with Crippen LogP contribution in [-0.2, 0) is 14.6 Å². The van der Waals surface area contributed by atoms with E-state index in [-0.39, 0.29) is 17.2 Å². The van der Waals surface area contributed by atoms with Gasteiger partial charge in [-0.3, -0.25) is 9.69 Å². The standard InChI is InChI=1S/C21H23F2N3O3S2/c1-25(2)11-3-12-26(21-24-18-9-6-16(23)14-19(18)30-21)20(27)10-13-31(28,29)17-7-4-15(22)5-8-17/h4-9,14H,3,10-13H2,1-2H3. The highest BCUT2D eigenvalue weighted by molar-refractivity contribution is 7.91. The number of carbonyl (C=O) groups is 1. The number of hydrogen-bond donors (Lipinski definition) is 0. The van der Waals surface area contributed by atoms with Gasteiger partial charge in [-0.05, 0) is 69.5 Å². The van der Waals surface area contributed by atoms with Crippen molar-refractivity contribution >= 4 is 42.4 Å². The molecule has 3 rings (SSSR count). The molecule has 0 unspecified atom stereocenters. The number of aromatic nitrogens is 1. The summed E-state index contributed by atoms with van der Waals surface area (Å²) in [5.41, 5.74) is 0.575. The Balaban J connectivity index is 1.78. The molecule has 1 aromatic heterocycles. The number of rotatable bonds is 9. The summed E-state index contributed by atoms with van der Waals surface area (Å²) in [4.78, 5) is 20.8. The second kappa shape index (κ2) is 9.80. The van der Waals surface area contributed by atoms with Crippen LogP contribution >= 0.6 is 11.3 Å². The van der Waals surface area contributed by atoms with Gasteiger partial charge in [-0.15, -0.1) is 0 Å². The Labute approximate surface area is 184 Å². The Hall–Kier alpha value is -2.43. The van der Waals surface area contributed by atoms with Gasteiger partial charge in [0.15, 0.2) is 15.0 Å². The minimum atomic E-state index is -3.74. The zero-order chi connectivity index (χ0) is 22.6. The zero-order valence-corrected chi connectivity index (χ0v) is 18.8. The highest BCUT2D eigenvalue weighted by Gasteiger charge is 2.23. The van der Waals surface area contributed by atoms with Gasteiger partial charge < -0.3 is 4.90 Å². The van der Waals surface area contributed by atoms with E-state index in [1.54, 1.807) is 6.07 Å². The summed E-state index contributed by atoms with van der Waals surface area (Å²) in [6.07, 6.45) is 0.416. The second-order valence-corrected chi connectivity index (χ2v) is 10.5. The van der Waals surface area contributed by atoms with E-state index < -0.39 is 27.2 Å². The van der Waals surface area contributed by atoms with E-state index in [9.17, 15) is 22.0 Å². The van der Waals surface area contributed by atoms with Crippen molar-refractivity contribution in [3.63, 3.8) is 0 Å². The van der Waals surface area contributed by atoms with Crippen molar-refractivity contribution in [2.24, 2.45) is 0 Å². The number of anilines is 1. The van der Waals surface area contributed by atoms with Gasteiger partial charge in [0.05, 0.1) is 20.9 Å². The maximum atomic E-state index is 13.5. The number of carbonyl (C=O) groups excluding carboxylic acids is 1. The highest BCUT2D eigenvalue weighted by atomic mass is 32.2. The first-order valence-corrected chi connectivity index (χ1v) is 12.1. The molecule has 31 heavy (non-hydrogen) atoms. The normalized spacial score (nSPS) is 11.9. The fourth-order valence-electron chi connectivity index (χ4n) is 2.99. The quantitative estimate of drug-likeness (QED) is 0.449. The number of hydrogen-bond acceptors (Lipinski definition) is 6. The molecule has 0 aliphatic rings. The molecule has 166 valence electrons. The molecule has 6 nitrogen and oxygen atoms in total. The smallest absolute Gasteiger partial charge is 0.229 e. The van der Waals surface area contributed by atoms with E-state index in [0.717, 1.165) is 18.7 Å². The number of nitrogens with zero attached hydrogens (tertiary/aromatic N) is 3. The lowest BCUT2D eigenvalue weighted by Gasteiger charge is -2.21. The van der Waals surface area contributed by atoms with Crippen LogP contribution in [0.1, 0.15) is 12.8 Å². The van der Waals surface area contributed by atoms with Crippen molar-refractivity contribution < 1.29 is 22.0 Å². The maximum absolute atomic E-state index is 13.5. The van der Waals surface area contributed by atoms with E-state index >= 15 is 0 Å². The van der Waals surface area contributed by atoms with Crippen LogP contribution in [-0.4, -0.2) is 57.1 Å². The molecular weight excluding hydrogens is 444 g/mol. The topological polar surface area (TPSA) is 70.6 Å². The summed E-state index contributed by atoms with van der Waals surface area (Å²) in [7, 11) is 0.0961. The fourth-order valence-corrected chi connectivity index (χ4v) is 5.25. The lowest BCUT2D eigenvalue weighted by atomic mass is 10.3. The van der Waals surface area contributed by atoms with Crippen LogP contribution in [0.4, 0.5) is 13.9 Å². The van der Waals surface area contributed by atoms with Gasteiger partial charge in [0, 0.05) is 13.0 Å². The largest absolute Gasteiger partial charge is 0.309 e. The zero-order valence-electron chi connectivity index (χ0n) is 17.2. The molecule has 0 fully saturated rings. The molecule has 0 spiro atoms. The number of amides is 1. The Morgan fingerprint density at radius 1 is 1.03 bits per heavy atom. The highest BCUT2D eigenvalue weighted by Crippen LogP contribution is 2.30. The fraction of sp³-hybridized carbons (Fsp3) is 0.333. The van der Waals surface area contributed by atoms with Crippen LogP contribution in [0.5, 0.6) is 0 Å². The molecule has 0 saturated carbocycles. The third-order valence-corrected chi connectivity index (χ3v) is 7.39. The molecule has 0 atom stereocenters. The minimum Gasteiger partial charge on any atom is -0.309 e. The van der Waals surface area contributed by atoms with E-state index in [1.165, 1.54) is 40.5 Å². The van der Waals surface area contributed by atoms with Crippen LogP contribution in [0.2, 0.25) is 0 Å². The molecule has 0 radical (unpaired) electrons. The summed E-state index contributed by atoms with van der Waals surface area (Å²) in [6.45, 7) is 1.09. The van der Waals surface area contributed by atoms with Crippen LogP contribution in [0.15, 0.2) is 47.4 Å². The molecule has 10 heteroatoms. The molecule has 0 aliphatic heterocycles. The second-order valence-electron chi connectivity index (χ2n) is 7.33. The monoisotopic (exact) mass is 467 g/mol. The van der Waals surface area contributed by atoms with Crippen LogP contribution in [0, 0.1) is 11.6 Å². The predicted molar refractivity (Wildman–Crippen MR) is 118 cm³/mol. The van der Waals surface area contributed by atoms with Gasteiger partial charge in [-0.2, -0.15) is 0 Å². The molecule has 1 amide bonds. The molecule has 0 N–H and O–H groups in total. The summed E-state index contributed by atoms with van der Waals surface area (Å²) in [5.74, 6) is -1.71. The Kier molecular flexibility index (Phi) is 7.34. The van der Waals surface area contributed by atoms with Gasteiger partial charge in [-0.25, -0.2) is 22.2 Å². The molecule has 0 aliphatic carbocycles. The van der Waals surface area contributed by atoms with E-state index in [1.807, 2.05) is 19.0 Å². The number of sulfone groups is 1. The first-order chi connectivity index (χ1) is 14.7. The van der Waals surface area contributed by atoms with E-state index in [0.29, 0.717) is 28.3 Å². The van der Waals surface area contributed by atoms with Gasteiger partial charge in [-0.1, -0.05) is 11.3 Å². The number of halogens is 2. The number of thiazole rings is 1. The SMILES string of the molecule is CN(C)CCCN(C(=O)CCS(=O)(=O)c1ccc(F)cc1)c1nc2ccc(F)cc2s1. The lowest BCUT2D eigenvalue weighted by molar-refractivity contribution is -0.118. The molecular formula is C21H23F2N3O3S2. The third-order valence-electron chi connectivity index (χ3n) is 4.62. The molecule has 0 saturated heterocycles. The van der Waals surface area contributed by atoms with Crippen LogP contribution < -0.4 is 4.90 Å². The average molecular weight is 468 g/mol. The van der Waals surface area contributed by atoms with Gasteiger partial charge in [0.2, 0.25) is 5.91 Å². The van der Waals surface area contributed by atoms with Crippen molar-refractivity contribution in [2.45, 2.75) is 17.7 Å².